The van der Waals surface area contributed by atoms with Gasteiger partial charge >= 0.3 is 0 Å². The molecule has 2 aromatic rings. The number of carbonyl (C=O) groups excluding carboxylic acids is 1. The molecule has 0 bridgehead atoms. The number of hydrogen-bond acceptors (Lipinski definition) is 5. The van der Waals surface area contributed by atoms with Crippen LogP contribution in [-0.2, 0) is 0 Å². The zero-order chi connectivity index (χ0) is 17.8. The van der Waals surface area contributed by atoms with E-state index in [1.54, 1.807) is 25.3 Å². The average Bonchev–Trinajstić information content (AvgIpc) is 3.09. The van der Waals surface area contributed by atoms with Crippen LogP contribution in [0.15, 0.2) is 42.5 Å². The van der Waals surface area contributed by atoms with Crippen LogP contribution in [0, 0.1) is 0 Å². The number of ether oxygens (including phenoxy) is 3. The van der Waals surface area contributed by atoms with Crippen molar-refractivity contribution in [1.29, 1.82) is 0 Å². The second kappa shape index (κ2) is 7.44. The summed E-state index contributed by atoms with van der Waals surface area (Å²) < 4.78 is 16.0. The Morgan fingerprint density at radius 2 is 2.00 bits per heavy atom. The minimum absolute atomic E-state index is 0.0176. The van der Waals surface area contributed by atoms with Gasteiger partial charge in [0.15, 0.2) is 11.5 Å². The fraction of sp³-hybridized carbons (Fsp3) is 0.316. The van der Waals surface area contributed by atoms with Crippen LogP contribution in [-0.4, -0.2) is 45.3 Å². The molecular formula is C19H22N2O4. The van der Waals surface area contributed by atoms with Gasteiger partial charge in [-0.2, -0.15) is 0 Å². The topological polar surface area (TPSA) is 60.0 Å². The van der Waals surface area contributed by atoms with Crippen LogP contribution in [0.3, 0.4) is 0 Å². The van der Waals surface area contributed by atoms with E-state index in [9.17, 15) is 4.79 Å². The Kier molecular flexibility index (Phi) is 5.09. The van der Waals surface area contributed by atoms with E-state index < -0.39 is 0 Å². The number of benzene rings is 2. The molecule has 6 heteroatoms. The largest absolute Gasteiger partial charge is 0.497 e. The lowest BCUT2D eigenvalue weighted by molar-refractivity contribution is 0.0941. The summed E-state index contributed by atoms with van der Waals surface area (Å²) >= 11 is 0. The van der Waals surface area contributed by atoms with Gasteiger partial charge in [-0.15, -0.1) is 0 Å². The molecule has 2 aromatic carbocycles. The number of methoxy groups -OCH3 is 1. The van der Waals surface area contributed by atoms with E-state index in [4.69, 9.17) is 14.2 Å². The molecule has 0 aliphatic carbocycles. The average molecular weight is 342 g/mol. The predicted molar refractivity (Wildman–Crippen MR) is 94.3 cm³/mol. The zero-order valence-electron chi connectivity index (χ0n) is 14.6. The molecule has 1 aliphatic rings. The monoisotopic (exact) mass is 342 g/mol. The minimum Gasteiger partial charge on any atom is -0.497 e. The normalized spacial score (nSPS) is 13.6. The smallest absolute Gasteiger partial charge is 0.251 e. The van der Waals surface area contributed by atoms with Gasteiger partial charge in [0.25, 0.3) is 5.91 Å². The van der Waals surface area contributed by atoms with Crippen LogP contribution in [0.1, 0.15) is 22.0 Å². The molecule has 132 valence electrons. The SMILES string of the molecule is COc1cccc(C(=O)NC[C@@H](c2ccc3c(c2)OCO3)N(C)C)c1. The van der Waals surface area contributed by atoms with Gasteiger partial charge in [-0.1, -0.05) is 12.1 Å². The molecule has 1 aliphatic heterocycles. The third kappa shape index (κ3) is 3.85. The molecule has 3 rings (SSSR count). The lowest BCUT2D eigenvalue weighted by atomic mass is 10.0. The van der Waals surface area contributed by atoms with E-state index in [-0.39, 0.29) is 18.7 Å². The van der Waals surface area contributed by atoms with E-state index in [1.165, 1.54) is 0 Å². The highest BCUT2D eigenvalue weighted by molar-refractivity contribution is 5.94. The molecule has 1 heterocycles. The van der Waals surface area contributed by atoms with Crippen molar-refractivity contribution in [2.75, 3.05) is 34.5 Å². The van der Waals surface area contributed by atoms with Crippen LogP contribution in [0.25, 0.3) is 0 Å². The second-order valence-electron chi connectivity index (χ2n) is 6.03. The lowest BCUT2D eigenvalue weighted by Gasteiger charge is -2.25. The first kappa shape index (κ1) is 17.1. The molecule has 0 unspecified atom stereocenters. The summed E-state index contributed by atoms with van der Waals surface area (Å²) in [6, 6.07) is 13.0. The fourth-order valence-electron chi connectivity index (χ4n) is 2.77. The Balaban J connectivity index is 1.71. The van der Waals surface area contributed by atoms with Crippen LogP contribution in [0.5, 0.6) is 17.2 Å². The number of nitrogens with one attached hydrogen (secondary N) is 1. The minimum atomic E-state index is -0.133. The molecule has 1 amide bonds. The number of rotatable bonds is 6. The second-order valence-corrected chi connectivity index (χ2v) is 6.03. The molecule has 0 spiro atoms. The Labute approximate surface area is 147 Å². The zero-order valence-corrected chi connectivity index (χ0v) is 14.6. The Hall–Kier alpha value is -2.73. The van der Waals surface area contributed by atoms with Crippen molar-refractivity contribution in [2.24, 2.45) is 0 Å². The summed E-state index contributed by atoms with van der Waals surface area (Å²) in [6.45, 7) is 0.723. The van der Waals surface area contributed by atoms with Crippen molar-refractivity contribution in [2.45, 2.75) is 6.04 Å². The third-order valence-electron chi connectivity index (χ3n) is 4.19. The van der Waals surface area contributed by atoms with Crippen molar-refractivity contribution < 1.29 is 19.0 Å². The molecular weight excluding hydrogens is 320 g/mol. The summed E-state index contributed by atoms with van der Waals surface area (Å²) in [5, 5.41) is 2.99. The molecule has 0 aromatic heterocycles. The first-order chi connectivity index (χ1) is 12.1. The van der Waals surface area contributed by atoms with Gasteiger partial charge in [-0.25, -0.2) is 0 Å². The summed E-state index contributed by atoms with van der Waals surface area (Å²) in [5.41, 5.74) is 1.63. The molecule has 1 atom stereocenters. The summed E-state index contributed by atoms with van der Waals surface area (Å²) in [5.74, 6) is 2.02. The van der Waals surface area contributed by atoms with Crippen molar-refractivity contribution >= 4 is 5.91 Å². The Morgan fingerprint density at radius 1 is 1.20 bits per heavy atom. The molecule has 0 radical (unpaired) electrons. The number of hydrogen-bond donors (Lipinski definition) is 1. The number of likely N-dealkylation sites (N-methyl/N-ethyl adjacent to an activating group) is 1. The van der Waals surface area contributed by atoms with Crippen molar-refractivity contribution in [1.82, 2.24) is 10.2 Å². The van der Waals surface area contributed by atoms with E-state index in [0.29, 0.717) is 17.9 Å². The van der Waals surface area contributed by atoms with Crippen molar-refractivity contribution in [3.63, 3.8) is 0 Å². The number of amides is 1. The van der Waals surface area contributed by atoms with Crippen LogP contribution in [0.4, 0.5) is 0 Å². The molecule has 1 N–H and O–H groups in total. The molecule has 0 saturated heterocycles. The van der Waals surface area contributed by atoms with Gasteiger partial charge in [0.1, 0.15) is 5.75 Å². The summed E-state index contributed by atoms with van der Waals surface area (Å²) in [6.07, 6.45) is 0. The van der Waals surface area contributed by atoms with E-state index in [0.717, 1.165) is 17.1 Å². The maximum Gasteiger partial charge on any atom is 0.251 e. The summed E-state index contributed by atoms with van der Waals surface area (Å²) in [4.78, 5) is 14.5. The lowest BCUT2D eigenvalue weighted by Crippen LogP contribution is -2.34. The van der Waals surface area contributed by atoms with Crippen molar-refractivity contribution in [3.05, 3.63) is 53.6 Å². The first-order valence-electron chi connectivity index (χ1n) is 8.06. The van der Waals surface area contributed by atoms with Gasteiger partial charge in [-0.3, -0.25) is 4.79 Å². The quantitative estimate of drug-likeness (QED) is 0.874. The van der Waals surface area contributed by atoms with Gasteiger partial charge in [0.05, 0.1) is 13.2 Å². The van der Waals surface area contributed by atoms with Crippen molar-refractivity contribution in [3.8, 4) is 17.2 Å². The van der Waals surface area contributed by atoms with Gasteiger partial charge in [0.2, 0.25) is 6.79 Å². The standard InChI is InChI=1S/C19H22N2O4/c1-21(2)16(13-7-8-17-18(10-13)25-12-24-17)11-20-19(22)14-5-4-6-15(9-14)23-3/h4-10,16H,11-12H2,1-3H3,(H,20,22)/t16-/m0/s1. The Morgan fingerprint density at radius 3 is 2.76 bits per heavy atom. The van der Waals surface area contributed by atoms with Gasteiger partial charge < -0.3 is 24.4 Å². The Bertz CT molecular complexity index is 761. The maximum absolute atomic E-state index is 12.4. The first-order valence-corrected chi connectivity index (χ1v) is 8.06. The highest BCUT2D eigenvalue weighted by Gasteiger charge is 2.20. The number of carbonyl (C=O) groups is 1. The highest BCUT2D eigenvalue weighted by Crippen LogP contribution is 2.34. The molecule has 6 nitrogen and oxygen atoms in total. The molecule has 0 fully saturated rings. The van der Waals surface area contributed by atoms with Gasteiger partial charge in [0, 0.05) is 12.1 Å². The third-order valence-corrected chi connectivity index (χ3v) is 4.19. The van der Waals surface area contributed by atoms with E-state index in [2.05, 4.69) is 10.2 Å². The number of fused-ring (bicyclic) bond motifs is 1. The van der Waals surface area contributed by atoms with E-state index in [1.807, 2.05) is 38.4 Å². The van der Waals surface area contributed by atoms with Crippen LogP contribution < -0.4 is 19.5 Å². The predicted octanol–water partition coefficient (Wildman–Crippen LogP) is 2.46. The maximum atomic E-state index is 12.4. The molecule has 0 saturated carbocycles. The fourth-order valence-corrected chi connectivity index (χ4v) is 2.77. The summed E-state index contributed by atoms with van der Waals surface area (Å²) in [7, 11) is 5.54. The molecule has 25 heavy (non-hydrogen) atoms. The van der Waals surface area contributed by atoms with Gasteiger partial charge in [-0.05, 0) is 50.0 Å². The number of nitrogens with zero attached hydrogens (tertiary/aromatic N) is 1. The van der Waals surface area contributed by atoms with Crippen LogP contribution in [0.2, 0.25) is 0 Å². The highest BCUT2D eigenvalue weighted by atomic mass is 16.7. The van der Waals surface area contributed by atoms with E-state index >= 15 is 0 Å². The van der Waals surface area contributed by atoms with Crippen LogP contribution >= 0.6 is 0 Å².